The van der Waals surface area contributed by atoms with E-state index in [0.29, 0.717) is 0 Å². The van der Waals surface area contributed by atoms with Crippen LogP contribution in [0, 0.1) is 0 Å². The van der Waals surface area contributed by atoms with Crippen molar-refractivity contribution >= 4 is 15.9 Å². The molecule has 0 saturated carbocycles. The quantitative estimate of drug-likeness (QED) is 0.804. The number of hydrogen-bond donors (Lipinski definition) is 1. The highest BCUT2D eigenvalue weighted by atomic mass is 79.9. The highest BCUT2D eigenvalue weighted by Crippen LogP contribution is 2.18. The second-order valence-corrected chi connectivity index (χ2v) is 3.49. The maximum absolute atomic E-state index is 5.84. The van der Waals surface area contributed by atoms with Gasteiger partial charge in [-0.2, -0.15) is 0 Å². The van der Waals surface area contributed by atoms with Gasteiger partial charge in [-0.15, -0.1) is 0 Å². The van der Waals surface area contributed by atoms with Crippen molar-refractivity contribution in [2.45, 2.75) is 19.4 Å². The molecule has 0 spiro atoms. The SMILES string of the molecule is CC[C@@H](N)c1cccc(Br)c1. The van der Waals surface area contributed by atoms with E-state index in [1.165, 1.54) is 5.56 Å². The molecule has 0 fully saturated rings. The molecule has 0 amide bonds. The maximum atomic E-state index is 5.84. The third-order valence-electron chi connectivity index (χ3n) is 1.72. The van der Waals surface area contributed by atoms with E-state index in [1.54, 1.807) is 0 Å². The van der Waals surface area contributed by atoms with Crippen molar-refractivity contribution in [2.24, 2.45) is 5.73 Å². The van der Waals surface area contributed by atoms with Crippen LogP contribution in [0.1, 0.15) is 24.9 Å². The van der Waals surface area contributed by atoms with Gasteiger partial charge >= 0.3 is 0 Å². The van der Waals surface area contributed by atoms with Crippen molar-refractivity contribution in [1.29, 1.82) is 0 Å². The summed E-state index contributed by atoms with van der Waals surface area (Å²) in [6.07, 6.45) is 0.983. The minimum atomic E-state index is 0.174. The molecule has 0 saturated heterocycles. The molecule has 0 aliphatic rings. The van der Waals surface area contributed by atoms with Crippen LogP contribution < -0.4 is 5.73 Å². The molecule has 1 aromatic carbocycles. The smallest absolute Gasteiger partial charge is 0.0292 e. The lowest BCUT2D eigenvalue weighted by atomic mass is 10.1. The van der Waals surface area contributed by atoms with Crippen LogP contribution in [-0.2, 0) is 0 Å². The monoisotopic (exact) mass is 213 g/mol. The molecule has 1 aromatic rings. The Morgan fingerprint density at radius 2 is 2.27 bits per heavy atom. The first-order valence-electron chi connectivity index (χ1n) is 3.75. The lowest BCUT2D eigenvalue weighted by Crippen LogP contribution is -2.07. The number of halogens is 1. The zero-order valence-electron chi connectivity index (χ0n) is 6.55. The number of hydrogen-bond acceptors (Lipinski definition) is 1. The fraction of sp³-hybridized carbons (Fsp3) is 0.333. The number of nitrogens with two attached hydrogens (primary N) is 1. The number of benzene rings is 1. The van der Waals surface area contributed by atoms with Crippen LogP contribution >= 0.6 is 15.9 Å². The van der Waals surface area contributed by atoms with Crippen molar-refractivity contribution in [3.05, 3.63) is 34.3 Å². The summed E-state index contributed by atoms with van der Waals surface area (Å²) in [6, 6.07) is 8.31. The molecule has 0 radical (unpaired) electrons. The zero-order valence-corrected chi connectivity index (χ0v) is 8.14. The molecule has 1 nitrogen and oxygen atoms in total. The standard InChI is InChI=1S/C9H12BrN/c1-2-9(11)7-4-3-5-8(10)6-7/h3-6,9H,2,11H2,1H3/t9-/m1/s1. The molecule has 0 unspecified atom stereocenters. The fourth-order valence-corrected chi connectivity index (χ4v) is 1.39. The Bertz CT molecular complexity index is 235. The Balaban J connectivity index is 2.86. The Morgan fingerprint density at radius 3 is 2.82 bits per heavy atom. The molecule has 0 aliphatic heterocycles. The summed E-state index contributed by atoms with van der Waals surface area (Å²) >= 11 is 3.40. The summed E-state index contributed by atoms with van der Waals surface area (Å²) in [6.45, 7) is 2.09. The molecule has 2 N–H and O–H groups in total. The van der Waals surface area contributed by atoms with Gasteiger partial charge in [0.05, 0.1) is 0 Å². The first kappa shape index (κ1) is 8.75. The number of rotatable bonds is 2. The van der Waals surface area contributed by atoms with Gasteiger partial charge in [-0.25, -0.2) is 0 Å². The average Bonchev–Trinajstić information content (AvgIpc) is 2.03. The van der Waals surface area contributed by atoms with Crippen LogP contribution in [0.4, 0.5) is 0 Å². The fourth-order valence-electron chi connectivity index (χ4n) is 0.973. The van der Waals surface area contributed by atoms with Crippen LogP contribution in [0.5, 0.6) is 0 Å². The van der Waals surface area contributed by atoms with Gasteiger partial charge in [0, 0.05) is 10.5 Å². The summed E-state index contributed by atoms with van der Waals surface area (Å²) < 4.78 is 1.10. The van der Waals surface area contributed by atoms with E-state index in [0.717, 1.165) is 10.9 Å². The molecule has 0 aliphatic carbocycles. The lowest BCUT2D eigenvalue weighted by molar-refractivity contribution is 0.698. The zero-order chi connectivity index (χ0) is 8.27. The lowest BCUT2D eigenvalue weighted by Gasteiger charge is -2.08. The first-order chi connectivity index (χ1) is 5.24. The van der Waals surface area contributed by atoms with Gasteiger partial charge in [0.15, 0.2) is 0 Å². The predicted octanol–water partition coefficient (Wildman–Crippen LogP) is 2.86. The molecule has 0 heterocycles. The third-order valence-corrected chi connectivity index (χ3v) is 2.21. The Hall–Kier alpha value is -0.340. The normalized spacial score (nSPS) is 13.0. The van der Waals surface area contributed by atoms with Crippen LogP contribution in [0.25, 0.3) is 0 Å². The molecular weight excluding hydrogens is 202 g/mol. The van der Waals surface area contributed by atoms with Crippen LogP contribution in [-0.4, -0.2) is 0 Å². The van der Waals surface area contributed by atoms with Crippen LogP contribution in [0.2, 0.25) is 0 Å². The van der Waals surface area contributed by atoms with Gasteiger partial charge < -0.3 is 5.73 Å². The van der Waals surface area contributed by atoms with E-state index in [4.69, 9.17) is 5.73 Å². The summed E-state index contributed by atoms with van der Waals surface area (Å²) in [7, 11) is 0. The van der Waals surface area contributed by atoms with E-state index in [9.17, 15) is 0 Å². The van der Waals surface area contributed by atoms with Gasteiger partial charge in [-0.1, -0.05) is 35.0 Å². The topological polar surface area (TPSA) is 26.0 Å². The van der Waals surface area contributed by atoms with E-state index >= 15 is 0 Å². The second kappa shape index (κ2) is 3.88. The van der Waals surface area contributed by atoms with Crippen molar-refractivity contribution in [3.8, 4) is 0 Å². The van der Waals surface area contributed by atoms with Crippen molar-refractivity contribution in [2.75, 3.05) is 0 Å². The van der Waals surface area contributed by atoms with Crippen molar-refractivity contribution in [1.82, 2.24) is 0 Å². The van der Waals surface area contributed by atoms with Crippen molar-refractivity contribution < 1.29 is 0 Å². The summed E-state index contributed by atoms with van der Waals surface area (Å²) in [4.78, 5) is 0. The highest BCUT2D eigenvalue weighted by molar-refractivity contribution is 9.10. The highest BCUT2D eigenvalue weighted by Gasteiger charge is 2.01. The molecule has 2 heteroatoms. The molecule has 0 bridgehead atoms. The molecular formula is C9H12BrN. The molecule has 1 rings (SSSR count). The van der Waals surface area contributed by atoms with E-state index in [1.807, 2.05) is 12.1 Å². The molecule has 11 heavy (non-hydrogen) atoms. The van der Waals surface area contributed by atoms with Crippen LogP contribution in [0.3, 0.4) is 0 Å². The van der Waals surface area contributed by atoms with Gasteiger partial charge in [-0.3, -0.25) is 0 Å². The minimum Gasteiger partial charge on any atom is -0.324 e. The largest absolute Gasteiger partial charge is 0.324 e. The van der Waals surface area contributed by atoms with Crippen molar-refractivity contribution in [3.63, 3.8) is 0 Å². The summed E-state index contributed by atoms with van der Waals surface area (Å²) in [5, 5.41) is 0. The molecule has 60 valence electrons. The van der Waals surface area contributed by atoms with Gasteiger partial charge in [0.25, 0.3) is 0 Å². The summed E-state index contributed by atoms with van der Waals surface area (Å²) in [5.74, 6) is 0. The summed E-state index contributed by atoms with van der Waals surface area (Å²) in [5.41, 5.74) is 7.04. The Morgan fingerprint density at radius 1 is 1.55 bits per heavy atom. The maximum Gasteiger partial charge on any atom is 0.0292 e. The third kappa shape index (κ3) is 2.31. The first-order valence-corrected chi connectivity index (χ1v) is 4.54. The average molecular weight is 214 g/mol. The molecule has 1 atom stereocenters. The van der Waals surface area contributed by atoms with E-state index in [-0.39, 0.29) is 6.04 Å². The van der Waals surface area contributed by atoms with Crippen LogP contribution in [0.15, 0.2) is 28.7 Å². The second-order valence-electron chi connectivity index (χ2n) is 2.57. The van der Waals surface area contributed by atoms with Gasteiger partial charge in [0.1, 0.15) is 0 Å². The van der Waals surface area contributed by atoms with E-state index < -0.39 is 0 Å². The van der Waals surface area contributed by atoms with Gasteiger partial charge in [0.2, 0.25) is 0 Å². The predicted molar refractivity (Wildman–Crippen MR) is 51.4 cm³/mol. The Labute approximate surface area is 75.7 Å². The Kier molecular flexibility index (Phi) is 3.09. The van der Waals surface area contributed by atoms with E-state index in [2.05, 4.69) is 35.0 Å². The molecule has 0 aromatic heterocycles. The van der Waals surface area contributed by atoms with Gasteiger partial charge in [-0.05, 0) is 24.1 Å². The minimum absolute atomic E-state index is 0.174.